The number of nitrogens with two attached hydrogens (primary N) is 2. The van der Waals surface area contributed by atoms with Crippen LogP contribution in [0.15, 0.2) is 121 Å². The second-order valence-electron chi connectivity index (χ2n) is 12.9. The highest BCUT2D eigenvalue weighted by molar-refractivity contribution is 5.93. The molecular weight excluding hydrogens is 851 g/mol. The number of halogens is 2. The van der Waals surface area contributed by atoms with E-state index in [0.29, 0.717) is 26.4 Å². The average Bonchev–Trinajstić information content (AvgIpc) is 3.28. The molecule has 0 aliphatic heterocycles. The molecule has 12 nitrogen and oxygen atoms in total. The van der Waals surface area contributed by atoms with E-state index in [1.807, 2.05) is 103 Å². The zero-order chi connectivity index (χ0) is 45.5. The number of hydrogen-bond acceptors (Lipinski definition) is 9. The van der Waals surface area contributed by atoms with Gasteiger partial charge in [0.1, 0.15) is 34.7 Å². The molecular formula is C50H64Cl2N6O6. The molecule has 4 aromatic carbocycles. The molecule has 0 amide bonds. The second-order valence-corrected chi connectivity index (χ2v) is 12.9. The van der Waals surface area contributed by atoms with Gasteiger partial charge in [-0.3, -0.25) is 10.8 Å². The summed E-state index contributed by atoms with van der Waals surface area (Å²) in [7, 11) is 0. The van der Waals surface area contributed by atoms with Gasteiger partial charge < -0.3 is 40.6 Å². The maximum atomic E-state index is 8.51. The molecule has 0 saturated carbocycles. The molecule has 0 atom stereocenters. The van der Waals surface area contributed by atoms with Crippen LogP contribution in [0.25, 0.3) is 29.1 Å². The van der Waals surface area contributed by atoms with Gasteiger partial charge in [-0.05, 0) is 141 Å². The molecule has 0 unspecified atom stereocenters. The predicted octanol–water partition coefficient (Wildman–Crippen LogP) is 10.8. The SMILES string of the molecule is CCO.CCO.Cl.Cl.N=C(N)/C=C/c1ccc(OCCCCCOc2ccc(/C=C/C(=N)N)cc2)cc1.[C-]#[N+]/C=C/c1ccc(OCCCCCOc2ccc(/C=C/C#N)cc2)cc1. The summed E-state index contributed by atoms with van der Waals surface area (Å²) in [6.07, 6.45) is 19.1. The van der Waals surface area contributed by atoms with Gasteiger partial charge in [-0.25, -0.2) is 4.85 Å². The molecule has 0 fully saturated rings. The van der Waals surface area contributed by atoms with Gasteiger partial charge in [0, 0.05) is 19.3 Å². The number of unbranched alkanes of at least 4 members (excludes halogenated alkanes) is 4. The first-order valence-electron chi connectivity index (χ1n) is 20.4. The zero-order valence-electron chi connectivity index (χ0n) is 36.7. The van der Waals surface area contributed by atoms with Crippen molar-refractivity contribution in [2.75, 3.05) is 39.6 Å². The van der Waals surface area contributed by atoms with E-state index in [2.05, 4.69) is 4.85 Å². The molecule has 64 heavy (non-hydrogen) atoms. The van der Waals surface area contributed by atoms with Crippen LogP contribution in [-0.2, 0) is 0 Å². The maximum absolute atomic E-state index is 8.51. The fraction of sp³-hybridized carbons (Fsp3) is 0.280. The van der Waals surface area contributed by atoms with E-state index < -0.39 is 0 Å². The second kappa shape index (κ2) is 40.5. The maximum Gasteiger partial charge on any atom is 0.154 e. The van der Waals surface area contributed by atoms with Crippen molar-refractivity contribution in [1.29, 1.82) is 16.1 Å². The molecule has 0 aromatic heterocycles. The van der Waals surface area contributed by atoms with Crippen LogP contribution in [-0.4, -0.2) is 61.5 Å². The fourth-order valence-electron chi connectivity index (χ4n) is 4.85. The minimum absolute atomic E-state index is 0. The van der Waals surface area contributed by atoms with Crippen molar-refractivity contribution in [2.24, 2.45) is 11.5 Å². The summed E-state index contributed by atoms with van der Waals surface area (Å²) in [5.74, 6) is 3.42. The Bertz CT molecular complexity index is 1860. The molecule has 8 N–H and O–H groups in total. The standard InChI is InChI=1S/C23H28N4O2.C23H22N2O2.2C2H6O.2ClH/c24-22(25)14-8-18-4-10-20(11-5-18)28-16-2-1-3-17-29-21-12-6-19(7-13-21)9-15-23(26)27;1-25-17-15-21-9-13-23(14-10-21)27-19-4-2-3-18-26-22-11-7-20(8-12-22)6-5-16-24;2*1-2-3;;/h4-15H,1-3,16-17H2,(H3,24,25)(H3,26,27);5-15,17H,2-4,18-19H2;2*3H,2H2,1H3;2*1H/b14-8+,15-9+;6-5+,17-15+;;;;. The van der Waals surface area contributed by atoms with Gasteiger partial charge in [0.05, 0.1) is 39.1 Å². The Morgan fingerprint density at radius 2 is 0.812 bits per heavy atom. The molecule has 14 heteroatoms. The van der Waals surface area contributed by atoms with Crippen LogP contribution in [0.1, 0.15) is 74.6 Å². The van der Waals surface area contributed by atoms with Crippen LogP contribution >= 0.6 is 24.8 Å². The first-order valence-corrected chi connectivity index (χ1v) is 20.4. The third-order valence-corrected chi connectivity index (χ3v) is 7.78. The van der Waals surface area contributed by atoms with Gasteiger partial charge >= 0.3 is 0 Å². The van der Waals surface area contributed by atoms with E-state index in [1.54, 1.807) is 50.3 Å². The Balaban J connectivity index is 0. The van der Waals surface area contributed by atoms with Gasteiger partial charge in [-0.2, -0.15) is 5.26 Å². The van der Waals surface area contributed by atoms with E-state index in [4.69, 9.17) is 63.3 Å². The number of rotatable bonds is 22. The fourth-order valence-corrected chi connectivity index (χ4v) is 4.85. The number of amidine groups is 2. The van der Waals surface area contributed by atoms with Crippen LogP contribution < -0.4 is 30.4 Å². The lowest BCUT2D eigenvalue weighted by atomic mass is 10.2. The van der Waals surface area contributed by atoms with Crippen molar-refractivity contribution >= 4 is 60.8 Å². The van der Waals surface area contributed by atoms with Crippen LogP contribution in [0.2, 0.25) is 0 Å². The van der Waals surface area contributed by atoms with Crippen LogP contribution in [0.5, 0.6) is 23.0 Å². The lowest BCUT2D eigenvalue weighted by Crippen LogP contribution is -2.03. The van der Waals surface area contributed by atoms with Crippen LogP contribution in [0.3, 0.4) is 0 Å². The number of aliphatic hydroxyl groups is 2. The van der Waals surface area contributed by atoms with Crippen molar-refractivity contribution < 1.29 is 29.2 Å². The summed E-state index contributed by atoms with van der Waals surface area (Å²) in [4.78, 5) is 3.19. The number of nitrogens with one attached hydrogen (secondary N) is 2. The smallest absolute Gasteiger partial charge is 0.154 e. The zero-order valence-corrected chi connectivity index (χ0v) is 38.4. The summed E-state index contributed by atoms with van der Waals surface area (Å²) in [6.45, 7) is 13.3. The summed E-state index contributed by atoms with van der Waals surface area (Å²) in [6, 6.07) is 32.8. The minimum atomic E-state index is 0. The Hall–Kier alpha value is -6.54. The van der Waals surface area contributed by atoms with Crippen molar-refractivity contribution in [3.63, 3.8) is 0 Å². The Morgan fingerprint density at radius 1 is 0.547 bits per heavy atom. The predicted molar refractivity (Wildman–Crippen MR) is 268 cm³/mol. The Kier molecular flexibility index (Phi) is 37.7. The van der Waals surface area contributed by atoms with E-state index in [0.717, 1.165) is 83.8 Å². The summed E-state index contributed by atoms with van der Waals surface area (Å²) < 4.78 is 22.9. The first-order chi connectivity index (χ1) is 30.2. The summed E-state index contributed by atoms with van der Waals surface area (Å²) in [5, 5.41) is 38.0. The molecule has 4 rings (SSSR count). The van der Waals surface area contributed by atoms with Gasteiger partial charge in [-0.15, -0.1) is 24.8 Å². The first kappa shape index (κ1) is 59.6. The number of hydrogen-bond donors (Lipinski definition) is 6. The van der Waals surface area contributed by atoms with E-state index in [9.17, 15) is 0 Å². The lowest BCUT2D eigenvalue weighted by Gasteiger charge is -2.08. The van der Waals surface area contributed by atoms with Gasteiger partial charge in [0.25, 0.3) is 0 Å². The molecule has 344 valence electrons. The van der Waals surface area contributed by atoms with Crippen molar-refractivity contribution in [3.8, 4) is 29.1 Å². The van der Waals surface area contributed by atoms with Crippen LogP contribution in [0.4, 0.5) is 0 Å². The molecule has 0 bridgehead atoms. The molecule has 4 aromatic rings. The quantitative estimate of drug-likeness (QED) is 0.0146. The highest BCUT2D eigenvalue weighted by atomic mass is 35.5. The summed E-state index contributed by atoms with van der Waals surface area (Å²) in [5.41, 5.74) is 14.5. The largest absolute Gasteiger partial charge is 0.494 e. The molecule has 0 aliphatic carbocycles. The van der Waals surface area contributed by atoms with E-state index >= 15 is 0 Å². The van der Waals surface area contributed by atoms with Gasteiger partial charge in [-0.1, -0.05) is 66.8 Å². The third-order valence-electron chi connectivity index (χ3n) is 7.78. The molecule has 0 saturated heterocycles. The number of aliphatic hydroxyl groups excluding tert-OH is 2. The third kappa shape index (κ3) is 32.2. The molecule has 0 aliphatic rings. The summed E-state index contributed by atoms with van der Waals surface area (Å²) >= 11 is 0. The molecule has 0 heterocycles. The highest BCUT2D eigenvalue weighted by Crippen LogP contribution is 2.17. The number of ether oxygens (including phenoxy) is 4. The van der Waals surface area contributed by atoms with Gasteiger partial charge in [0.15, 0.2) is 6.20 Å². The van der Waals surface area contributed by atoms with Gasteiger partial charge in [0.2, 0.25) is 0 Å². The topological polar surface area (TPSA) is 205 Å². The monoisotopic (exact) mass is 914 g/mol. The highest BCUT2D eigenvalue weighted by Gasteiger charge is 1.99. The van der Waals surface area contributed by atoms with E-state index in [-0.39, 0.29) is 49.7 Å². The van der Waals surface area contributed by atoms with Crippen molar-refractivity contribution in [1.82, 2.24) is 0 Å². The number of nitrogens with zero attached hydrogens (tertiary/aromatic N) is 2. The van der Waals surface area contributed by atoms with Crippen LogP contribution in [0, 0.1) is 28.7 Å². The van der Waals surface area contributed by atoms with Crippen molar-refractivity contribution in [2.45, 2.75) is 52.4 Å². The average molecular weight is 916 g/mol. The van der Waals surface area contributed by atoms with Crippen molar-refractivity contribution in [3.05, 3.63) is 155 Å². The minimum Gasteiger partial charge on any atom is -0.494 e. The normalized spacial score (nSPS) is 10.0. The molecule has 0 spiro atoms. The Morgan fingerprint density at radius 3 is 1.06 bits per heavy atom. The number of benzene rings is 4. The molecule has 0 radical (unpaired) electrons. The lowest BCUT2D eigenvalue weighted by molar-refractivity contribution is 0.279. The number of nitriles is 1. The van der Waals surface area contributed by atoms with E-state index in [1.165, 1.54) is 12.3 Å². The Labute approximate surface area is 392 Å². The number of allylic oxidation sites excluding steroid dienone is 1.